The summed E-state index contributed by atoms with van der Waals surface area (Å²) in [6.45, 7) is 0. The van der Waals surface area contributed by atoms with E-state index in [1.807, 2.05) is 0 Å². The molecule has 2 rings (SSSR count). The van der Waals surface area contributed by atoms with Crippen molar-refractivity contribution in [2.45, 2.75) is 6.18 Å². The van der Waals surface area contributed by atoms with Crippen LogP contribution >= 0.6 is 11.3 Å². The van der Waals surface area contributed by atoms with Gasteiger partial charge < -0.3 is 5.11 Å². The van der Waals surface area contributed by atoms with Gasteiger partial charge in [0.1, 0.15) is 0 Å². The number of hydrogen-bond donors (Lipinski definition) is 1. The van der Waals surface area contributed by atoms with Crippen LogP contribution in [0.15, 0.2) is 35.0 Å². The Morgan fingerprint density at radius 2 is 1.94 bits per heavy atom. The Bertz CT molecular complexity index is 574. The molecule has 0 aliphatic rings. The van der Waals surface area contributed by atoms with Crippen LogP contribution in [-0.2, 0) is 6.18 Å². The maximum atomic E-state index is 12.9. The van der Waals surface area contributed by atoms with Crippen molar-refractivity contribution in [1.82, 2.24) is 0 Å². The number of halogens is 3. The van der Waals surface area contributed by atoms with Crippen molar-refractivity contribution in [2.24, 2.45) is 0 Å². The summed E-state index contributed by atoms with van der Waals surface area (Å²) in [6, 6.07) is 4.59. The smallest absolute Gasteiger partial charge is 0.417 e. The molecule has 0 radical (unpaired) electrons. The van der Waals surface area contributed by atoms with Crippen LogP contribution in [0.1, 0.15) is 15.9 Å². The van der Waals surface area contributed by atoms with E-state index in [1.165, 1.54) is 23.5 Å². The molecule has 2 nitrogen and oxygen atoms in total. The Balaban J connectivity index is 2.64. The summed E-state index contributed by atoms with van der Waals surface area (Å²) in [5.41, 5.74) is -0.875. The third-order valence-electron chi connectivity index (χ3n) is 2.40. The Labute approximate surface area is 104 Å². The fourth-order valence-electron chi connectivity index (χ4n) is 1.58. The highest BCUT2D eigenvalue weighted by Gasteiger charge is 2.34. The molecular weight excluding hydrogens is 265 g/mol. The van der Waals surface area contributed by atoms with Gasteiger partial charge in [-0.2, -0.15) is 24.5 Å². The summed E-state index contributed by atoms with van der Waals surface area (Å²) >= 11 is 1.28. The van der Waals surface area contributed by atoms with Crippen LogP contribution in [0.5, 0.6) is 0 Å². The normalized spacial score (nSPS) is 11.5. The molecule has 1 N–H and O–H groups in total. The van der Waals surface area contributed by atoms with Crippen molar-refractivity contribution in [1.29, 1.82) is 0 Å². The summed E-state index contributed by atoms with van der Waals surface area (Å²) in [6.07, 6.45) is -4.58. The van der Waals surface area contributed by atoms with E-state index in [4.69, 9.17) is 5.11 Å². The minimum absolute atomic E-state index is 0.00579. The second-order valence-corrected chi connectivity index (χ2v) is 4.36. The third kappa shape index (κ3) is 2.38. The van der Waals surface area contributed by atoms with Crippen LogP contribution in [0, 0.1) is 0 Å². The Morgan fingerprint density at radius 3 is 2.44 bits per heavy atom. The molecule has 18 heavy (non-hydrogen) atoms. The predicted octanol–water partition coefficient (Wildman–Crippen LogP) is 4.13. The number of hydrogen-bond acceptors (Lipinski definition) is 2. The zero-order valence-electron chi connectivity index (χ0n) is 8.86. The topological polar surface area (TPSA) is 37.3 Å². The highest BCUT2D eigenvalue weighted by atomic mass is 32.1. The first-order valence-electron chi connectivity index (χ1n) is 4.86. The number of alkyl halides is 3. The van der Waals surface area contributed by atoms with Crippen molar-refractivity contribution in [3.05, 3.63) is 46.2 Å². The highest BCUT2D eigenvalue weighted by Crippen LogP contribution is 2.38. The molecule has 1 aromatic carbocycles. The van der Waals surface area contributed by atoms with Gasteiger partial charge in [-0.1, -0.05) is 6.07 Å². The van der Waals surface area contributed by atoms with E-state index in [2.05, 4.69) is 0 Å². The summed E-state index contributed by atoms with van der Waals surface area (Å²) < 4.78 is 38.7. The average Bonchev–Trinajstić information content (AvgIpc) is 2.80. The molecule has 0 bridgehead atoms. The monoisotopic (exact) mass is 272 g/mol. The first kappa shape index (κ1) is 12.6. The Morgan fingerprint density at radius 1 is 1.22 bits per heavy atom. The zero-order valence-corrected chi connectivity index (χ0v) is 9.68. The molecular formula is C12H7F3O2S. The van der Waals surface area contributed by atoms with E-state index in [1.54, 1.807) is 16.8 Å². The lowest BCUT2D eigenvalue weighted by molar-refractivity contribution is -0.137. The van der Waals surface area contributed by atoms with E-state index >= 15 is 0 Å². The van der Waals surface area contributed by atoms with Crippen molar-refractivity contribution in [3.8, 4) is 11.1 Å². The van der Waals surface area contributed by atoms with Gasteiger partial charge in [0.2, 0.25) is 0 Å². The molecule has 1 aromatic heterocycles. The van der Waals surface area contributed by atoms with E-state index in [-0.39, 0.29) is 11.1 Å². The minimum atomic E-state index is -4.58. The third-order valence-corrected chi connectivity index (χ3v) is 3.09. The lowest BCUT2D eigenvalue weighted by Gasteiger charge is -2.12. The van der Waals surface area contributed by atoms with Crippen molar-refractivity contribution < 1.29 is 23.1 Å². The van der Waals surface area contributed by atoms with Crippen LogP contribution in [0.25, 0.3) is 11.1 Å². The van der Waals surface area contributed by atoms with Crippen LogP contribution in [0.2, 0.25) is 0 Å². The molecule has 0 saturated carbocycles. The molecule has 0 fully saturated rings. The standard InChI is InChI=1S/C12H7F3O2S/c13-12(14,15)10-5-7(11(16)17)1-2-9(10)8-3-4-18-6-8/h1-6H,(H,16,17). The largest absolute Gasteiger partial charge is 0.478 e. The van der Waals surface area contributed by atoms with Crippen LogP contribution < -0.4 is 0 Å². The molecule has 0 saturated heterocycles. The molecule has 0 amide bonds. The molecule has 0 aliphatic carbocycles. The molecule has 0 unspecified atom stereocenters. The lowest BCUT2D eigenvalue weighted by Crippen LogP contribution is -2.09. The number of rotatable bonds is 2. The Kier molecular flexibility index (Phi) is 3.13. The van der Waals surface area contributed by atoms with Crippen LogP contribution in [0.3, 0.4) is 0 Å². The van der Waals surface area contributed by atoms with E-state index < -0.39 is 17.7 Å². The fraction of sp³-hybridized carbons (Fsp3) is 0.0833. The molecule has 2 aromatic rings. The second kappa shape index (κ2) is 4.45. The number of aromatic carboxylic acids is 1. The van der Waals surface area contributed by atoms with Gasteiger partial charge in [0.05, 0.1) is 11.1 Å². The molecule has 0 atom stereocenters. The van der Waals surface area contributed by atoms with Gasteiger partial charge in [-0.05, 0) is 40.1 Å². The van der Waals surface area contributed by atoms with Gasteiger partial charge in [-0.3, -0.25) is 0 Å². The quantitative estimate of drug-likeness (QED) is 0.892. The minimum Gasteiger partial charge on any atom is -0.478 e. The van der Waals surface area contributed by atoms with E-state index in [9.17, 15) is 18.0 Å². The predicted molar refractivity (Wildman–Crippen MR) is 61.7 cm³/mol. The van der Waals surface area contributed by atoms with Crippen LogP contribution in [0.4, 0.5) is 13.2 Å². The van der Waals surface area contributed by atoms with Gasteiger partial charge in [0.25, 0.3) is 0 Å². The number of thiophene rings is 1. The number of carboxylic acid groups (broad SMARTS) is 1. The molecule has 1 heterocycles. The Hall–Kier alpha value is -1.82. The lowest BCUT2D eigenvalue weighted by atomic mass is 9.99. The highest BCUT2D eigenvalue weighted by molar-refractivity contribution is 7.08. The maximum absolute atomic E-state index is 12.9. The van der Waals surface area contributed by atoms with Gasteiger partial charge in [0.15, 0.2) is 0 Å². The van der Waals surface area contributed by atoms with Crippen molar-refractivity contribution in [2.75, 3.05) is 0 Å². The van der Waals surface area contributed by atoms with Gasteiger partial charge in [-0.15, -0.1) is 0 Å². The molecule has 0 aliphatic heterocycles. The number of benzene rings is 1. The van der Waals surface area contributed by atoms with E-state index in [0.717, 1.165) is 0 Å². The van der Waals surface area contributed by atoms with Gasteiger partial charge in [0, 0.05) is 0 Å². The number of carbonyl (C=O) groups is 1. The maximum Gasteiger partial charge on any atom is 0.417 e. The average molecular weight is 272 g/mol. The molecule has 0 spiro atoms. The summed E-state index contributed by atoms with van der Waals surface area (Å²) in [5.74, 6) is -1.38. The fourth-order valence-corrected chi connectivity index (χ4v) is 2.24. The molecule has 6 heteroatoms. The molecule has 94 valence electrons. The second-order valence-electron chi connectivity index (χ2n) is 3.58. The van der Waals surface area contributed by atoms with Gasteiger partial charge >= 0.3 is 12.1 Å². The van der Waals surface area contributed by atoms with Crippen molar-refractivity contribution >= 4 is 17.3 Å². The summed E-state index contributed by atoms with van der Waals surface area (Å²) in [7, 11) is 0. The summed E-state index contributed by atoms with van der Waals surface area (Å²) in [4.78, 5) is 10.7. The van der Waals surface area contributed by atoms with Crippen LogP contribution in [-0.4, -0.2) is 11.1 Å². The van der Waals surface area contributed by atoms with Crippen molar-refractivity contribution in [3.63, 3.8) is 0 Å². The zero-order chi connectivity index (χ0) is 13.3. The summed E-state index contributed by atoms with van der Waals surface area (Å²) in [5, 5.41) is 12.0. The number of carboxylic acids is 1. The first-order chi connectivity index (χ1) is 8.39. The SMILES string of the molecule is O=C(O)c1ccc(-c2ccsc2)c(C(F)(F)F)c1. The van der Waals surface area contributed by atoms with Gasteiger partial charge in [-0.25, -0.2) is 4.79 Å². The van der Waals surface area contributed by atoms with E-state index in [0.29, 0.717) is 11.6 Å². The first-order valence-corrected chi connectivity index (χ1v) is 5.81.